The molecular formula is C12H16F3NO8. The van der Waals surface area contributed by atoms with E-state index in [1.54, 1.807) is 0 Å². The maximum Gasteiger partial charge on any atom is 0.471 e. The third kappa shape index (κ3) is 4.56. The second-order valence-electron chi connectivity index (χ2n) is 4.83. The zero-order valence-electron chi connectivity index (χ0n) is 12.2. The first-order valence-corrected chi connectivity index (χ1v) is 6.52. The van der Waals surface area contributed by atoms with Crippen molar-refractivity contribution >= 4 is 11.9 Å². The zero-order chi connectivity index (χ0) is 18.7. The second kappa shape index (κ2) is 7.79. The number of methoxy groups -OCH3 is 1. The Morgan fingerprint density at radius 3 is 2.46 bits per heavy atom. The Hall–Kier alpha value is -1.89. The number of aliphatic hydroxyl groups is 4. The van der Waals surface area contributed by atoms with E-state index in [9.17, 15) is 38.1 Å². The van der Waals surface area contributed by atoms with Gasteiger partial charge in [0.05, 0.1) is 19.8 Å². The summed E-state index contributed by atoms with van der Waals surface area (Å²) in [6.07, 6.45) is -12.2. The van der Waals surface area contributed by atoms with E-state index >= 15 is 0 Å². The molecule has 1 amide bonds. The minimum absolute atomic E-state index is 0.642. The summed E-state index contributed by atoms with van der Waals surface area (Å²) in [6, 6.07) is -1.86. The van der Waals surface area contributed by atoms with Gasteiger partial charge in [0.1, 0.15) is 18.3 Å². The van der Waals surface area contributed by atoms with E-state index in [0.717, 1.165) is 7.11 Å². The van der Waals surface area contributed by atoms with Crippen LogP contribution >= 0.6 is 0 Å². The van der Waals surface area contributed by atoms with E-state index in [2.05, 4.69) is 4.74 Å². The summed E-state index contributed by atoms with van der Waals surface area (Å²) in [6.45, 7) is -0.992. The van der Waals surface area contributed by atoms with E-state index in [1.165, 1.54) is 5.32 Å². The Labute approximate surface area is 133 Å². The number of rotatable bonds is 5. The fraction of sp³-hybridized carbons (Fsp3) is 0.667. The van der Waals surface area contributed by atoms with E-state index in [-0.39, 0.29) is 0 Å². The summed E-state index contributed by atoms with van der Waals surface area (Å²) in [5.41, 5.74) is 0. The normalized spacial score (nSPS) is 26.7. The average Bonchev–Trinajstić information content (AvgIpc) is 2.52. The van der Waals surface area contributed by atoms with Crippen LogP contribution in [0.1, 0.15) is 0 Å². The zero-order valence-corrected chi connectivity index (χ0v) is 12.2. The molecule has 0 fully saturated rings. The largest absolute Gasteiger partial charge is 0.478 e. The molecule has 1 heterocycles. The number of hydrogen-bond donors (Lipinski definition) is 5. The van der Waals surface area contributed by atoms with Crippen molar-refractivity contribution < 1.29 is 52.7 Å². The molecule has 0 saturated heterocycles. The fourth-order valence-electron chi connectivity index (χ4n) is 1.94. The van der Waals surface area contributed by atoms with Crippen LogP contribution in [0.15, 0.2) is 11.8 Å². The molecule has 0 radical (unpaired) electrons. The van der Waals surface area contributed by atoms with Gasteiger partial charge in [0.25, 0.3) is 0 Å². The first-order valence-electron chi connectivity index (χ1n) is 6.52. The summed E-state index contributed by atoms with van der Waals surface area (Å²) in [7, 11) is 0.963. The highest BCUT2D eigenvalue weighted by Crippen LogP contribution is 2.25. The maximum absolute atomic E-state index is 12.4. The van der Waals surface area contributed by atoms with Crippen molar-refractivity contribution in [1.29, 1.82) is 0 Å². The number of aliphatic hydroxyl groups excluding tert-OH is 4. The number of amides is 1. The Morgan fingerprint density at radius 2 is 2.00 bits per heavy atom. The minimum atomic E-state index is -5.28. The molecule has 0 saturated carbocycles. The molecule has 0 aliphatic carbocycles. The number of nitrogens with one attached hydrogen (secondary N) is 1. The molecule has 0 unspecified atom stereocenters. The second-order valence-corrected chi connectivity index (χ2v) is 4.83. The molecule has 1 aliphatic rings. The first-order chi connectivity index (χ1) is 11.0. The van der Waals surface area contributed by atoms with Crippen LogP contribution in [0.2, 0.25) is 0 Å². The van der Waals surface area contributed by atoms with Crippen molar-refractivity contribution in [2.45, 2.75) is 36.6 Å². The van der Waals surface area contributed by atoms with Gasteiger partial charge in [-0.15, -0.1) is 0 Å². The molecule has 5 N–H and O–H groups in total. The third-order valence-corrected chi connectivity index (χ3v) is 3.17. The number of esters is 1. The van der Waals surface area contributed by atoms with Gasteiger partial charge in [-0.05, 0) is 6.08 Å². The molecular weight excluding hydrogens is 343 g/mol. The monoisotopic (exact) mass is 359 g/mol. The predicted molar refractivity (Wildman–Crippen MR) is 68.1 cm³/mol. The number of halogens is 3. The van der Waals surface area contributed by atoms with Gasteiger partial charge in [0.2, 0.25) is 5.76 Å². The molecule has 0 aromatic carbocycles. The van der Waals surface area contributed by atoms with Gasteiger partial charge in [-0.1, -0.05) is 0 Å². The molecule has 0 aromatic heterocycles. The van der Waals surface area contributed by atoms with Crippen LogP contribution in [0.3, 0.4) is 0 Å². The number of hydrogen-bond acceptors (Lipinski definition) is 8. The van der Waals surface area contributed by atoms with Gasteiger partial charge in [-0.3, -0.25) is 4.79 Å². The lowest BCUT2D eigenvalue weighted by Crippen LogP contribution is -2.61. The smallest absolute Gasteiger partial charge is 0.471 e. The Kier molecular flexibility index (Phi) is 6.54. The van der Waals surface area contributed by atoms with Crippen LogP contribution < -0.4 is 5.32 Å². The SMILES string of the molecule is COC(=O)C1=C[C@H](O)[C@@H](NC(=O)C(F)(F)F)[C@H]([C@H](O)[C@H](O)CO)O1. The average molecular weight is 359 g/mol. The van der Waals surface area contributed by atoms with Gasteiger partial charge < -0.3 is 35.2 Å². The number of alkyl halides is 3. The summed E-state index contributed by atoms with van der Waals surface area (Å²) in [5, 5.41) is 39.4. The van der Waals surface area contributed by atoms with Gasteiger partial charge in [0.15, 0.2) is 6.10 Å². The maximum atomic E-state index is 12.4. The van der Waals surface area contributed by atoms with Crippen LogP contribution in [0, 0.1) is 0 Å². The van der Waals surface area contributed by atoms with Crippen molar-refractivity contribution in [1.82, 2.24) is 5.32 Å². The third-order valence-electron chi connectivity index (χ3n) is 3.17. The summed E-state index contributed by atoms with van der Waals surface area (Å²) in [5.74, 6) is -4.18. The lowest BCUT2D eigenvalue weighted by Gasteiger charge is -2.38. The molecule has 9 nitrogen and oxygen atoms in total. The van der Waals surface area contributed by atoms with Crippen molar-refractivity contribution in [3.8, 4) is 0 Å². The molecule has 1 aliphatic heterocycles. The highest BCUT2D eigenvalue weighted by Gasteiger charge is 2.47. The Balaban J connectivity index is 3.13. The molecule has 24 heavy (non-hydrogen) atoms. The molecule has 138 valence electrons. The van der Waals surface area contributed by atoms with Gasteiger partial charge >= 0.3 is 18.1 Å². The molecule has 0 bridgehead atoms. The standard InChI is InChI=1S/C12H16F3NO8/c1-23-10(21)6-2-4(18)7(16-11(22)12(13,14)15)9(24-6)8(20)5(19)3-17/h2,4-5,7-9,17-20H,3H2,1H3,(H,16,22)/t4-,5+,7+,8+,9+/m0/s1. The topological polar surface area (TPSA) is 146 Å². The van der Waals surface area contributed by atoms with E-state index < -0.39 is 60.9 Å². The molecule has 1 rings (SSSR count). The number of carbonyl (C=O) groups excluding carboxylic acids is 2. The van der Waals surface area contributed by atoms with E-state index in [4.69, 9.17) is 9.84 Å². The van der Waals surface area contributed by atoms with Crippen molar-refractivity contribution in [3.63, 3.8) is 0 Å². The van der Waals surface area contributed by atoms with Crippen LogP contribution in [0.4, 0.5) is 13.2 Å². The van der Waals surface area contributed by atoms with E-state index in [0.29, 0.717) is 6.08 Å². The van der Waals surface area contributed by atoms with Crippen LogP contribution in [-0.2, 0) is 19.1 Å². The number of ether oxygens (including phenoxy) is 2. The Bertz CT molecular complexity index is 509. The highest BCUT2D eigenvalue weighted by atomic mass is 19.4. The lowest BCUT2D eigenvalue weighted by atomic mass is 9.93. The van der Waals surface area contributed by atoms with Gasteiger partial charge in [-0.25, -0.2) is 4.79 Å². The summed E-state index contributed by atoms with van der Waals surface area (Å²) >= 11 is 0. The first kappa shape index (κ1) is 20.2. The summed E-state index contributed by atoms with van der Waals surface area (Å²) < 4.78 is 46.4. The van der Waals surface area contributed by atoms with Gasteiger partial charge in [0, 0.05) is 0 Å². The van der Waals surface area contributed by atoms with Crippen molar-refractivity contribution in [2.24, 2.45) is 0 Å². The Morgan fingerprint density at radius 1 is 1.42 bits per heavy atom. The van der Waals surface area contributed by atoms with Crippen molar-refractivity contribution in [2.75, 3.05) is 13.7 Å². The van der Waals surface area contributed by atoms with Crippen LogP contribution in [0.25, 0.3) is 0 Å². The highest BCUT2D eigenvalue weighted by molar-refractivity contribution is 5.86. The van der Waals surface area contributed by atoms with Crippen LogP contribution in [-0.4, -0.2) is 82.7 Å². The van der Waals surface area contributed by atoms with Crippen molar-refractivity contribution in [3.05, 3.63) is 11.8 Å². The molecule has 0 aromatic rings. The van der Waals surface area contributed by atoms with Gasteiger partial charge in [-0.2, -0.15) is 13.2 Å². The quantitative estimate of drug-likeness (QED) is 0.341. The minimum Gasteiger partial charge on any atom is -0.478 e. The molecule has 5 atom stereocenters. The molecule has 12 heteroatoms. The van der Waals surface area contributed by atoms with Crippen LogP contribution in [0.5, 0.6) is 0 Å². The number of carbonyl (C=O) groups is 2. The van der Waals surface area contributed by atoms with E-state index in [1.807, 2.05) is 0 Å². The lowest BCUT2D eigenvalue weighted by molar-refractivity contribution is -0.179. The molecule has 0 spiro atoms. The fourth-order valence-corrected chi connectivity index (χ4v) is 1.94. The summed E-state index contributed by atoms with van der Waals surface area (Å²) in [4.78, 5) is 22.5. The predicted octanol–water partition coefficient (Wildman–Crippen LogP) is -2.44.